The number of nitrogens with one attached hydrogen (secondary N) is 2. The minimum atomic E-state index is 0.269. The van der Waals surface area contributed by atoms with Crippen LogP contribution in [0.15, 0.2) is 0 Å². The molecule has 0 bridgehead atoms. The standard InChI is InChI=1S/C13H25N5O2/c1-3-14-11-16-12(18-13(17-11)20-4-2)15-9-7-5-6-8-10-19/h19H,3-10H2,1-2H3,(H2,14,15,16,17,18). The first kappa shape index (κ1) is 16.4. The molecule has 0 fully saturated rings. The number of aromatic nitrogens is 3. The quantitative estimate of drug-likeness (QED) is 0.532. The second-order valence-electron chi connectivity index (χ2n) is 4.29. The summed E-state index contributed by atoms with van der Waals surface area (Å²) >= 11 is 0. The van der Waals surface area contributed by atoms with Gasteiger partial charge in [-0.15, -0.1) is 0 Å². The van der Waals surface area contributed by atoms with Crippen molar-refractivity contribution in [2.45, 2.75) is 39.5 Å². The van der Waals surface area contributed by atoms with Gasteiger partial charge in [0.15, 0.2) is 0 Å². The fraction of sp³-hybridized carbons (Fsp3) is 0.769. The molecule has 1 aromatic rings. The molecule has 20 heavy (non-hydrogen) atoms. The molecule has 0 unspecified atom stereocenters. The number of ether oxygens (including phenoxy) is 1. The van der Waals surface area contributed by atoms with Crippen molar-refractivity contribution in [3.05, 3.63) is 0 Å². The number of nitrogens with zero attached hydrogens (tertiary/aromatic N) is 3. The highest BCUT2D eigenvalue weighted by Crippen LogP contribution is 2.11. The van der Waals surface area contributed by atoms with Crippen molar-refractivity contribution in [2.75, 3.05) is 36.9 Å². The first-order chi connectivity index (χ1) is 9.80. The Morgan fingerprint density at radius 2 is 1.65 bits per heavy atom. The van der Waals surface area contributed by atoms with Crippen LogP contribution in [0.4, 0.5) is 11.9 Å². The summed E-state index contributed by atoms with van der Waals surface area (Å²) in [6.45, 7) is 6.22. The molecule has 0 spiro atoms. The maximum absolute atomic E-state index is 8.70. The highest BCUT2D eigenvalue weighted by Gasteiger charge is 2.06. The third kappa shape index (κ3) is 6.51. The fourth-order valence-corrected chi connectivity index (χ4v) is 1.66. The minimum Gasteiger partial charge on any atom is -0.464 e. The Kier molecular flexibility index (Phi) is 8.37. The van der Waals surface area contributed by atoms with Crippen LogP contribution in [0.1, 0.15) is 39.5 Å². The number of anilines is 2. The molecule has 7 heteroatoms. The van der Waals surface area contributed by atoms with Crippen molar-refractivity contribution in [3.8, 4) is 6.01 Å². The maximum atomic E-state index is 8.70. The van der Waals surface area contributed by atoms with Crippen LogP contribution < -0.4 is 15.4 Å². The van der Waals surface area contributed by atoms with Crippen LogP contribution >= 0.6 is 0 Å². The lowest BCUT2D eigenvalue weighted by Gasteiger charge is -2.09. The molecule has 7 nitrogen and oxygen atoms in total. The van der Waals surface area contributed by atoms with E-state index in [2.05, 4.69) is 25.6 Å². The van der Waals surface area contributed by atoms with Gasteiger partial charge in [0.05, 0.1) is 6.61 Å². The van der Waals surface area contributed by atoms with Gasteiger partial charge in [-0.3, -0.25) is 0 Å². The summed E-state index contributed by atoms with van der Waals surface area (Å²) in [4.78, 5) is 12.6. The molecular weight excluding hydrogens is 258 g/mol. The molecule has 0 amide bonds. The monoisotopic (exact) mass is 283 g/mol. The van der Waals surface area contributed by atoms with Gasteiger partial charge in [-0.2, -0.15) is 15.0 Å². The van der Waals surface area contributed by atoms with E-state index in [9.17, 15) is 0 Å². The van der Waals surface area contributed by atoms with E-state index >= 15 is 0 Å². The lowest BCUT2D eigenvalue weighted by molar-refractivity contribution is 0.283. The lowest BCUT2D eigenvalue weighted by atomic mass is 10.2. The highest BCUT2D eigenvalue weighted by molar-refractivity contribution is 5.35. The van der Waals surface area contributed by atoms with Crippen LogP contribution in [-0.4, -0.2) is 46.4 Å². The van der Waals surface area contributed by atoms with E-state index in [1.54, 1.807) is 0 Å². The van der Waals surface area contributed by atoms with Crippen LogP contribution in [-0.2, 0) is 0 Å². The predicted molar refractivity (Wildman–Crippen MR) is 79.2 cm³/mol. The Bertz CT molecular complexity index is 352. The number of aliphatic hydroxyl groups excluding tert-OH is 1. The molecule has 0 aliphatic rings. The third-order valence-electron chi connectivity index (χ3n) is 2.59. The normalized spacial score (nSPS) is 10.3. The van der Waals surface area contributed by atoms with E-state index in [4.69, 9.17) is 9.84 Å². The summed E-state index contributed by atoms with van der Waals surface area (Å²) in [6, 6.07) is 0.334. The summed E-state index contributed by atoms with van der Waals surface area (Å²) in [5.74, 6) is 1.05. The lowest BCUT2D eigenvalue weighted by Crippen LogP contribution is -2.11. The van der Waals surface area contributed by atoms with Crippen molar-refractivity contribution in [1.82, 2.24) is 15.0 Å². The molecule has 0 aromatic carbocycles. The third-order valence-corrected chi connectivity index (χ3v) is 2.59. The Morgan fingerprint density at radius 3 is 2.30 bits per heavy atom. The van der Waals surface area contributed by atoms with Crippen molar-refractivity contribution in [3.63, 3.8) is 0 Å². The van der Waals surface area contributed by atoms with Crippen LogP contribution in [0.5, 0.6) is 6.01 Å². The smallest absolute Gasteiger partial charge is 0.323 e. The van der Waals surface area contributed by atoms with Gasteiger partial charge in [0, 0.05) is 19.7 Å². The van der Waals surface area contributed by atoms with Gasteiger partial charge < -0.3 is 20.5 Å². The molecule has 0 saturated heterocycles. The zero-order valence-corrected chi connectivity index (χ0v) is 12.4. The topological polar surface area (TPSA) is 92.2 Å². The van der Waals surface area contributed by atoms with E-state index in [1.165, 1.54) is 0 Å². The average molecular weight is 283 g/mol. The van der Waals surface area contributed by atoms with Crippen molar-refractivity contribution in [1.29, 1.82) is 0 Å². The summed E-state index contributed by atoms with van der Waals surface area (Å²) in [7, 11) is 0. The summed E-state index contributed by atoms with van der Waals surface area (Å²) in [5, 5.41) is 14.9. The molecule has 0 radical (unpaired) electrons. The van der Waals surface area contributed by atoms with Gasteiger partial charge in [0.1, 0.15) is 0 Å². The molecular formula is C13H25N5O2. The number of hydrogen-bond acceptors (Lipinski definition) is 7. The molecule has 3 N–H and O–H groups in total. The minimum absolute atomic E-state index is 0.269. The molecule has 1 aromatic heterocycles. The molecule has 0 aliphatic heterocycles. The maximum Gasteiger partial charge on any atom is 0.323 e. The second-order valence-corrected chi connectivity index (χ2v) is 4.29. The van der Waals surface area contributed by atoms with Crippen LogP contribution in [0, 0.1) is 0 Å². The van der Waals surface area contributed by atoms with Gasteiger partial charge >= 0.3 is 6.01 Å². The van der Waals surface area contributed by atoms with Gasteiger partial charge in [-0.1, -0.05) is 12.8 Å². The van der Waals surface area contributed by atoms with E-state index in [1.807, 2.05) is 13.8 Å². The zero-order valence-electron chi connectivity index (χ0n) is 12.4. The van der Waals surface area contributed by atoms with Crippen LogP contribution in [0.3, 0.4) is 0 Å². The van der Waals surface area contributed by atoms with Gasteiger partial charge in [-0.25, -0.2) is 0 Å². The number of rotatable bonds is 11. The molecule has 1 rings (SSSR count). The zero-order chi connectivity index (χ0) is 14.6. The number of aliphatic hydroxyl groups is 1. The van der Waals surface area contributed by atoms with Crippen LogP contribution in [0.25, 0.3) is 0 Å². The SMILES string of the molecule is CCNc1nc(NCCCCCCO)nc(OCC)n1. The average Bonchev–Trinajstić information content (AvgIpc) is 2.43. The number of hydrogen-bond donors (Lipinski definition) is 3. The van der Waals surface area contributed by atoms with Crippen LogP contribution in [0.2, 0.25) is 0 Å². The Balaban J connectivity index is 2.46. The van der Waals surface area contributed by atoms with Crippen molar-refractivity contribution in [2.24, 2.45) is 0 Å². The summed E-state index contributed by atoms with van der Waals surface area (Å²) < 4.78 is 5.32. The molecule has 0 aliphatic carbocycles. The Morgan fingerprint density at radius 1 is 0.950 bits per heavy atom. The predicted octanol–water partition coefficient (Wildman–Crippen LogP) is 1.67. The van der Waals surface area contributed by atoms with Crippen molar-refractivity contribution >= 4 is 11.9 Å². The Labute approximate surface area is 120 Å². The first-order valence-corrected chi connectivity index (χ1v) is 7.27. The molecule has 1 heterocycles. The van der Waals surface area contributed by atoms with Gasteiger partial charge in [0.2, 0.25) is 11.9 Å². The van der Waals surface area contributed by atoms with Gasteiger partial charge in [-0.05, 0) is 26.7 Å². The largest absolute Gasteiger partial charge is 0.464 e. The molecule has 0 atom stereocenters. The van der Waals surface area contributed by atoms with E-state index < -0.39 is 0 Å². The first-order valence-electron chi connectivity index (χ1n) is 7.27. The van der Waals surface area contributed by atoms with E-state index in [0.717, 1.165) is 38.8 Å². The molecule has 0 saturated carbocycles. The second kappa shape index (κ2) is 10.2. The Hall–Kier alpha value is -1.63. The summed E-state index contributed by atoms with van der Waals surface area (Å²) in [5.41, 5.74) is 0. The van der Waals surface area contributed by atoms with E-state index in [-0.39, 0.29) is 6.61 Å². The summed E-state index contributed by atoms with van der Waals surface area (Å²) in [6.07, 6.45) is 4.01. The molecule has 114 valence electrons. The van der Waals surface area contributed by atoms with Crippen molar-refractivity contribution < 1.29 is 9.84 Å². The highest BCUT2D eigenvalue weighted by atomic mass is 16.5. The van der Waals surface area contributed by atoms with E-state index in [0.29, 0.717) is 24.5 Å². The van der Waals surface area contributed by atoms with Gasteiger partial charge in [0.25, 0.3) is 0 Å². The number of unbranched alkanes of at least 4 members (excludes halogenated alkanes) is 3. The fourth-order valence-electron chi connectivity index (χ4n) is 1.66.